The van der Waals surface area contributed by atoms with Gasteiger partial charge < -0.3 is 5.73 Å². The molecule has 3 heteroatoms. The average molecular weight is 277 g/mol. The normalized spacial score (nSPS) is 10.1. The largest absolute Gasteiger partial charge is 0.330 e. The van der Waals surface area contributed by atoms with Crippen molar-refractivity contribution in [2.24, 2.45) is 5.73 Å². The van der Waals surface area contributed by atoms with Gasteiger partial charge in [-0.3, -0.25) is 0 Å². The van der Waals surface area contributed by atoms with Gasteiger partial charge >= 0.3 is 0 Å². The van der Waals surface area contributed by atoms with Crippen molar-refractivity contribution >= 4 is 0 Å². The Kier molecular flexibility index (Phi) is 6.88. The van der Waals surface area contributed by atoms with E-state index in [1.807, 2.05) is 6.92 Å². The topological polar surface area (TPSA) is 26.0 Å². The van der Waals surface area contributed by atoms with E-state index in [9.17, 15) is 8.78 Å². The summed E-state index contributed by atoms with van der Waals surface area (Å²) >= 11 is 0. The zero-order valence-electron chi connectivity index (χ0n) is 11.9. The monoisotopic (exact) mass is 277 g/mol. The van der Waals surface area contributed by atoms with Crippen LogP contribution in [0.1, 0.15) is 37.3 Å². The van der Waals surface area contributed by atoms with Gasteiger partial charge in [0.25, 0.3) is 0 Å². The third-order valence-corrected chi connectivity index (χ3v) is 3.03. The Balaban J connectivity index is 0.000000444. The Bertz CT molecular complexity index is 444. The molecule has 0 atom stereocenters. The lowest BCUT2D eigenvalue weighted by molar-refractivity contribution is 0.625. The zero-order chi connectivity index (χ0) is 15.0. The molecule has 0 saturated heterocycles. The van der Waals surface area contributed by atoms with Crippen molar-refractivity contribution < 1.29 is 8.78 Å². The Morgan fingerprint density at radius 1 is 0.850 bits per heavy atom. The number of benzene rings is 2. The molecule has 0 bridgehead atoms. The van der Waals surface area contributed by atoms with Gasteiger partial charge in [-0.1, -0.05) is 38.1 Å². The molecule has 0 aliphatic heterocycles. The summed E-state index contributed by atoms with van der Waals surface area (Å²) in [5.41, 5.74) is 7.07. The van der Waals surface area contributed by atoms with Crippen molar-refractivity contribution in [1.29, 1.82) is 0 Å². The van der Waals surface area contributed by atoms with Crippen molar-refractivity contribution in [1.82, 2.24) is 0 Å². The summed E-state index contributed by atoms with van der Waals surface area (Å²) in [5, 5.41) is 0. The van der Waals surface area contributed by atoms with Gasteiger partial charge in [0.2, 0.25) is 0 Å². The Morgan fingerprint density at radius 2 is 1.15 bits per heavy atom. The van der Waals surface area contributed by atoms with Crippen LogP contribution < -0.4 is 5.73 Å². The Hall–Kier alpha value is -1.74. The first-order valence-corrected chi connectivity index (χ1v) is 6.79. The highest BCUT2D eigenvalue weighted by Crippen LogP contribution is 2.24. The first-order chi connectivity index (χ1) is 9.58. The molecular formula is C17H21F2N. The number of hydrogen-bond donors (Lipinski definition) is 1. The first-order valence-electron chi connectivity index (χ1n) is 6.79. The maximum absolute atomic E-state index is 12.8. The molecule has 2 N–H and O–H groups in total. The van der Waals surface area contributed by atoms with E-state index in [1.54, 1.807) is 24.3 Å². The highest BCUT2D eigenvalue weighted by Gasteiger charge is 2.08. The highest BCUT2D eigenvalue weighted by atomic mass is 19.1. The van der Waals surface area contributed by atoms with Crippen LogP contribution in [0.25, 0.3) is 0 Å². The third-order valence-electron chi connectivity index (χ3n) is 3.03. The standard InChI is InChI=1S/C14H12F2.C3H9N/c1-10(11-2-6-13(15)7-3-11)12-4-8-14(16)9-5-12;1-2-3-4/h2-10H,1H3;2-4H2,1H3. The van der Waals surface area contributed by atoms with Gasteiger partial charge in [0.05, 0.1) is 0 Å². The lowest BCUT2D eigenvalue weighted by Crippen LogP contribution is -1.96. The number of nitrogens with two attached hydrogens (primary N) is 1. The van der Waals surface area contributed by atoms with E-state index in [-0.39, 0.29) is 17.6 Å². The molecular weight excluding hydrogens is 256 g/mol. The summed E-state index contributed by atoms with van der Waals surface area (Å²) in [6.45, 7) is 4.89. The summed E-state index contributed by atoms with van der Waals surface area (Å²) in [6.07, 6.45) is 1.10. The molecule has 0 aliphatic carbocycles. The maximum Gasteiger partial charge on any atom is 0.123 e. The van der Waals surface area contributed by atoms with E-state index >= 15 is 0 Å². The summed E-state index contributed by atoms with van der Waals surface area (Å²) in [4.78, 5) is 0. The van der Waals surface area contributed by atoms with Gasteiger partial charge in [-0.25, -0.2) is 8.78 Å². The number of halogens is 2. The van der Waals surface area contributed by atoms with Crippen molar-refractivity contribution in [3.8, 4) is 0 Å². The van der Waals surface area contributed by atoms with E-state index < -0.39 is 0 Å². The minimum absolute atomic E-state index is 0.140. The van der Waals surface area contributed by atoms with Crippen LogP contribution in [0.2, 0.25) is 0 Å². The third kappa shape index (κ3) is 5.10. The van der Waals surface area contributed by atoms with Crippen LogP contribution in [0.4, 0.5) is 8.78 Å². The highest BCUT2D eigenvalue weighted by molar-refractivity contribution is 5.31. The minimum Gasteiger partial charge on any atom is -0.330 e. The first kappa shape index (κ1) is 16.3. The Morgan fingerprint density at radius 3 is 1.40 bits per heavy atom. The van der Waals surface area contributed by atoms with E-state index in [0.29, 0.717) is 0 Å². The summed E-state index contributed by atoms with van der Waals surface area (Å²) in [7, 11) is 0. The smallest absolute Gasteiger partial charge is 0.123 e. The summed E-state index contributed by atoms with van der Waals surface area (Å²) < 4.78 is 25.5. The van der Waals surface area contributed by atoms with Crippen LogP contribution in [-0.2, 0) is 0 Å². The average Bonchev–Trinajstić information content (AvgIpc) is 2.48. The number of hydrogen-bond acceptors (Lipinski definition) is 1. The number of rotatable bonds is 3. The molecule has 0 unspecified atom stereocenters. The molecule has 2 aromatic rings. The summed E-state index contributed by atoms with van der Waals surface area (Å²) in [6, 6.07) is 12.8. The lowest BCUT2D eigenvalue weighted by atomic mass is 9.93. The predicted molar refractivity (Wildman–Crippen MR) is 79.7 cm³/mol. The second kappa shape index (κ2) is 8.43. The molecule has 0 radical (unpaired) electrons. The fourth-order valence-corrected chi connectivity index (χ4v) is 1.70. The van der Waals surface area contributed by atoms with Crippen molar-refractivity contribution in [2.75, 3.05) is 6.54 Å². The quantitative estimate of drug-likeness (QED) is 0.880. The molecule has 0 spiro atoms. The van der Waals surface area contributed by atoms with Crippen molar-refractivity contribution in [2.45, 2.75) is 26.2 Å². The molecule has 0 heterocycles. The molecule has 0 aliphatic rings. The van der Waals surface area contributed by atoms with Gasteiger partial charge in [-0.15, -0.1) is 0 Å². The molecule has 1 nitrogen and oxygen atoms in total. The van der Waals surface area contributed by atoms with Crippen molar-refractivity contribution in [3.63, 3.8) is 0 Å². The fraction of sp³-hybridized carbons (Fsp3) is 0.294. The van der Waals surface area contributed by atoms with Gasteiger partial charge in [-0.05, 0) is 48.4 Å². The van der Waals surface area contributed by atoms with E-state index in [0.717, 1.165) is 24.1 Å². The summed E-state index contributed by atoms with van der Waals surface area (Å²) in [5.74, 6) is -0.341. The van der Waals surface area contributed by atoms with E-state index in [4.69, 9.17) is 5.73 Å². The van der Waals surface area contributed by atoms with Crippen LogP contribution in [0.15, 0.2) is 48.5 Å². The SMILES string of the molecule is CC(c1ccc(F)cc1)c1ccc(F)cc1.CCCN. The molecule has 2 aromatic carbocycles. The van der Waals surface area contributed by atoms with Gasteiger partial charge in [0, 0.05) is 5.92 Å². The van der Waals surface area contributed by atoms with Crippen LogP contribution >= 0.6 is 0 Å². The van der Waals surface area contributed by atoms with E-state index in [1.165, 1.54) is 24.3 Å². The minimum atomic E-state index is -0.241. The molecule has 20 heavy (non-hydrogen) atoms. The Labute approximate surface area is 119 Å². The molecule has 0 aromatic heterocycles. The van der Waals surface area contributed by atoms with Gasteiger partial charge in [0.15, 0.2) is 0 Å². The second-order valence-electron chi connectivity index (χ2n) is 4.61. The molecule has 0 saturated carbocycles. The lowest BCUT2D eigenvalue weighted by Gasteiger charge is -2.12. The molecule has 0 amide bonds. The van der Waals surface area contributed by atoms with Crippen LogP contribution in [-0.4, -0.2) is 6.54 Å². The second-order valence-corrected chi connectivity index (χ2v) is 4.61. The maximum atomic E-state index is 12.8. The van der Waals surface area contributed by atoms with E-state index in [2.05, 4.69) is 6.92 Å². The van der Waals surface area contributed by atoms with Crippen LogP contribution in [0.3, 0.4) is 0 Å². The van der Waals surface area contributed by atoms with Gasteiger partial charge in [0.1, 0.15) is 11.6 Å². The van der Waals surface area contributed by atoms with Gasteiger partial charge in [-0.2, -0.15) is 0 Å². The fourth-order valence-electron chi connectivity index (χ4n) is 1.70. The zero-order valence-corrected chi connectivity index (χ0v) is 11.9. The molecule has 108 valence electrons. The van der Waals surface area contributed by atoms with Crippen molar-refractivity contribution in [3.05, 3.63) is 71.3 Å². The van der Waals surface area contributed by atoms with Crippen LogP contribution in [0, 0.1) is 11.6 Å². The molecule has 0 fully saturated rings. The predicted octanol–water partition coefficient (Wildman–Crippen LogP) is 4.47. The molecule has 2 rings (SSSR count). The van der Waals surface area contributed by atoms with Crippen LogP contribution in [0.5, 0.6) is 0 Å².